The fraction of sp³-hybridized carbons (Fsp3) is 0.125. The molecule has 2 heterocycles. The lowest BCUT2D eigenvalue weighted by Gasteiger charge is -2.06. The van der Waals surface area contributed by atoms with Gasteiger partial charge in [-0.05, 0) is 24.3 Å². The highest BCUT2D eigenvalue weighted by Crippen LogP contribution is 2.26. The predicted octanol–water partition coefficient (Wildman–Crippen LogP) is 4.46. The molecule has 1 aromatic carbocycles. The van der Waals surface area contributed by atoms with E-state index in [0.717, 1.165) is 16.1 Å². The van der Waals surface area contributed by atoms with Crippen molar-refractivity contribution >= 4 is 34.6 Å². The van der Waals surface area contributed by atoms with Crippen LogP contribution in [0, 0.1) is 0 Å². The van der Waals surface area contributed by atoms with Crippen molar-refractivity contribution in [3.63, 3.8) is 0 Å². The number of benzene rings is 1. The molecule has 23 heavy (non-hydrogen) atoms. The second-order valence-corrected chi connectivity index (χ2v) is 6.37. The van der Waals surface area contributed by atoms with E-state index in [1.165, 1.54) is 18.4 Å². The number of rotatable bonds is 5. The summed E-state index contributed by atoms with van der Waals surface area (Å²) in [5.74, 6) is 0.294. The molecule has 0 aliphatic rings. The Bertz CT molecular complexity index is 828. The Hall–Kier alpha value is -2.31. The van der Waals surface area contributed by atoms with E-state index < -0.39 is 5.97 Å². The standard InChI is InChI=1S/C16H13ClN2O3S/c1-21-15(20)14-6-5-13(22-14)10-3-2-4-11(7-10)18-8-12-9-19-16(17)23-12/h2-7,9,18H,8H2,1H3. The first-order valence-electron chi connectivity index (χ1n) is 6.78. The highest BCUT2D eigenvalue weighted by molar-refractivity contribution is 7.15. The summed E-state index contributed by atoms with van der Waals surface area (Å²) in [4.78, 5) is 16.5. The predicted molar refractivity (Wildman–Crippen MR) is 89.9 cm³/mol. The third-order valence-electron chi connectivity index (χ3n) is 3.13. The topological polar surface area (TPSA) is 64.4 Å². The molecule has 5 nitrogen and oxygen atoms in total. The van der Waals surface area contributed by atoms with Crippen molar-refractivity contribution in [2.45, 2.75) is 6.54 Å². The number of furan rings is 1. The SMILES string of the molecule is COC(=O)c1ccc(-c2cccc(NCc3cnc(Cl)s3)c2)o1. The Morgan fingerprint density at radius 1 is 1.39 bits per heavy atom. The molecule has 0 aliphatic heterocycles. The maximum atomic E-state index is 11.4. The Balaban J connectivity index is 1.74. The Morgan fingerprint density at radius 3 is 3.00 bits per heavy atom. The zero-order valence-electron chi connectivity index (χ0n) is 12.2. The van der Waals surface area contributed by atoms with Crippen LogP contribution in [0.4, 0.5) is 5.69 Å². The Morgan fingerprint density at radius 2 is 2.26 bits per heavy atom. The van der Waals surface area contributed by atoms with Gasteiger partial charge in [0, 0.05) is 22.3 Å². The number of ether oxygens (including phenoxy) is 1. The lowest BCUT2D eigenvalue weighted by Crippen LogP contribution is -1.98. The van der Waals surface area contributed by atoms with E-state index in [9.17, 15) is 4.79 Å². The van der Waals surface area contributed by atoms with Crippen LogP contribution in [0.15, 0.2) is 47.0 Å². The van der Waals surface area contributed by atoms with Gasteiger partial charge in [0.1, 0.15) is 5.76 Å². The van der Waals surface area contributed by atoms with Crippen LogP contribution in [0.5, 0.6) is 0 Å². The minimum absolute atomic E-state index is 0.181. The molecule has 0 atom stereocenters. The minimum atomic E-state index is -0.493. The molecule has 2 aromatic heterocycles. The number of aromatic nitrogens is 1. The zero-order valence-corrected chi connectivity index (χ0v) is 13.8. The first-order chi connectivity index (χ1) is 11.2. The van der Waals surface area contributed by atoms with E-state index in [1.54, 1.807) is 18.3 Å². The lowest BCUT2D eigenvalue weighted by atomic mass is 10.1. The number of thiazole rings is 1. The molecule has 0 fully saturated rings. The second-order valence-electron chi connectivity index (χ2n) is 4.67. The van der Waals surface area contributed by atoms with Gasteiger partial charge < -0.3 is 14.5 Å². The van der Waals surface area contributed by atoms with Crippen LogP contribution >= 0.6 is 22.9 Å². The van der Waals surface area contributed by atoms with Gasteiger partial charge >= 0.3 is 5.97 Å². The third kappa shape index (κ3) is 3.72. The van der Waals surface area contributed by atoms with Crippen molar-refractivity contribution < 1.29 is 13.9 Å². The number of carbonyl (C=O) groups is 1. The summed E-state index contributed by atoms with van der Waals surface area (Å²) in [7, 11) is 1.32. The molecule has 0 saturated heterocycles. The van der Waals surface area contributed by atoms with Crippen molar-refractivity contribution in [3.05, 3.63) is 57.7 Å². The molecule has 3 rings (SSSR count). The monoisotopic (exact) mass is 348 g/mol. The maximum absolute atomic E-state index is 11.4. The van der Waals surface area contributed by atoms with Gasteiger partial charge in [-0.1, -0.05) is 23.7 Å². The molecule has 0 spiro atoms. The van der Waals surface area contributed by atoms with Gasteiger partial charge in [0.05, 0.1) is 13.7 Å². The van der Waals surface area contributed by atoms with Crippen molar-refractivity contribution in [1.29, 1.82) is 0 Å². The van der Waals surface area contributed by atoms with Crippen LogP contribution in [-0.2, 0) is 11.3 Å². The zero-order chi connectivity index (χ0) is 16.2. The first kappa shape index (κ1) is 15.6. The number of carbonyl (C=O) groups excluding carboxylic acids is 1. The quantitative estimate of drug-likeness (QED) is 0.690. The number of hydrogen-bond donors (Lipinski definition) is 1. The normalized spacial score (nSPS) is 10.5. The molecule has 118 valence electrons. The lowest BCUT2D eigenvalue weighted by molar-refractivity contribution is 0.0566. The molecule has 0 bridgehead atoms. The van der Waals surface area contributed by atoms with Crippen LogP contribution in [0.3, 0.4) is 0 Å². The molecule has 0 unspecified atom stereocenters. The summed E-state index contributed by atoms with van der Waals surface area (Å²) in [6.45, 7) is 0.638. The third-order valence-corrected chi connectivity index (χ3v) is 4.25. The van der Waals surface area contributed by atoms with Gasteiger partial charge in [0.2, 0.25) is 5.76 Å². The van der Waals surface area contributed by atoms with Gasteiger partial charge in [0.15, 0.2) is 4.47 Å². The molecule has 0 radical (unpaired) electrons. The van der Waals surface area contributed by atoms with Crippen LogP contribution in [0.2, 0.25) is 4.47 Å². The van der Waals surface area contributed by atoms with E-state index in [0.29, 0.717) is 16.8 Å². The summed E-state index contributed by atoms with van der Waals surface area (Å²) >= 11 is 7.26. The van der Waals surface area contributed by atoms with E-state index in [4.69, 9.17) is 16.0 Å². The van der Waals surface area contributed by atoms with Gasteiger partial charge in [-0.2, -0.15) is 0 Å². The molecular weight excluding hydrogens is 336 g/mol. The highest BCUT2D eigenvalue weighted by atomic mass is 35.5. The summed E-state index contributed by atoms with van der Waals surface area (Å²) in [5.41, 5.74) is 1.80. The number of halogens is 1. The highest BCUT2D eigenvalue weighted by Gasteiger charge is 2.12. The van der Waals surface area contributed by atoms with E-state index in [-0.39, 0.29) is 5.76 Å². The van der Waals surface area contributed by atoms with E-state index in [2.05, 4.69) is 15.0 Å². The number of nitrogens with one attached hydrogen (secondary N) is 1. The van der Waals surface area contributed by atoms with Crippen LogP contribution in [-0.4, -0.2) is 18.1 Å². The van der Waals surface area contributed by atoms with Crippen molar-refractivity contribution in [1.82, 2.24) is 4.98 Å². The van der Waals surface area contributed by atoms with Crippen molar-refractivity contribution in [2.24, 2.45) is 0 Å². The average molecular weight is 349 g/mol. The largest absolute Gasteiger partial charge is 0.463 e. The Labute approximate surface area is 141 Å². The van der Waals surface area contributed by atoms with Crippen molar-refractivity contribution in [2.75, 3.05) is 12.4 Å². The molecule has 3 aromatic rings. The number of anilines is 1. The number of esters is 1. The Kier molecular flexibility index (Phi) is 4.64. The molecule has 0 saturated carbocycles. The second kappa shape index (κ2) is 6.85. The van der Waals surface area contributed by atoms with E-state index >= 15 is 0 Å². The fourth-order valence-corrected chi connectivity index (χ4v) is 2.96. The minimum Gasteiger partial charge on any atom is -0.463 e. The number of hydrogen-bond acceptors (Lipinski definition) is 6. The molecule has 7 heteroatoms. The summed E-state index contributed by atoms with van der Waals surface area (Å²) < 4.78 is 10.7. The van der Waals surface area contributed by atoms with Crippen LogP contribution in [0.25, 0.3) is 11.3 Å². The summed E-state index contributed by atoms with van der Waals surface area (Å²) in [6, 6.07) is 11.1. The number of methoxy groups -OCH3 is 1. The molecular formula is C16H13ClN2O3S. The first-order valence-corrected chi connectivity index (χ1v) is 7.98. The summed E-state index contributed by atoms with van der Waals surface area (Å²) in [5, 5.41) is 3.30. The average Bonchev–Trinajstić information content (AvgIpc) is 3.21. The van der Waals surface area contributed by atoms with E-state index in [1.807, 2.05) is 24.3 Å². The molecule has 1 N–H and O–H groups in total. The number of nitrogens with zero attached hydrogens (tertiary/aromatic N) is 1. The van der Waals surface area contributed by atoms with Gasteiger partial charge in [-0.15, -0.1) is 11.3 Å². The van der Waals surface area contributed by atoms with Crippen LogP contribution in [0.1, 0.15) is 15.4 Å². The molecule has 0 aliphatic carbocycles. The maximum Gasteiger partial charge on any atom is 0.373 e. The van der Waals surface area contributed by atoms with Crippen LogP contribution < -0.4 is 5.32 Å². The van der Waals surface area contributed by atoms with Gasteiger partial charge in [0.25, 0.3) is 0 Å². The van der Waals surface area contributed by atoms with Crippen molar-refractivity contribution in [3.8, 4) is 11.3 Å². The van der Waals surface area contributed by atoms with Gasteiger partial charge in [-0.3, -0.25) is 0 Å². The van der Waals surface area contributed by atoms with Gasteiger partial charge in [-0.25, -0.2) is 9.78 Å². The summed E-state index contributed by atoms with van der Waals surface area (Å²) in [6.07, 6.45) is 1.75. The smallest absolute Gasteiger partial charge is 0.373 e. The molecule has 0 amide bonds. The fourth-order valence-electron chi connectivity index (χ4n) is 2.04.